The molecule has 0 aliphatic heterocycles. The number of allylic oxidation sites excluding steroid dienone is 7. The van der Waals surface area contributed by atoms with Crippen molar-refractivity contribution in [2.24, 2.45) is 0 Å². The molecule has 0 aromatic carbocycles. The lowest BCUT2D eigenvalue weighted by Gasteiger charge is -2.20. The first kappa shape index (κ1) is 53.9. The Labute approximate surface area is 339 Å². The maximum absolute atomic E-state index is 12.6. The summed E-state index contributed by atoms with van der Waals surface area (Å²) in [7, 11) is -4.64. The highest BCUT2D eigenvalue weighted by atomic mass is 31.2. The van der Waals surface area contributed by atoms with Gasteiger partial charge in [0.05, 0.1) is 25.9 Å². The summed E-state index contributed by atoms with van der Waals surface area (Å²) in [5.41, 5.74) is 0. The van der Waals surface area contributed by atoms with Crippen LogP contribution in [-0.2, 0) is 32.7 Å². The zero-order valence-electron chi connectivity index (χ0n) is 35.0. The number of carbonyl (C=O) groups excluding carboxylic acids is 2. The molecule has 4 atom stereocenters. The second kappa shape index (κ2) is 39.7. The van der Waals surface area contributed by atoms with Crippen LogP contribution in [0.15, 0.2) is 48.6 Å². The van der Waals surface area contributed by atoms with Gasteiger partial charge in [0.2, 0.25) is 0 Å². The van der Waals surface area contributed by atoms with Crippen LogP contribution in [0, 0.1) is 0 Å². The first-order chi connectivity index (χ1) is 27.1. The molecule has 0 saturated carbocycles. The Hall–Kier alpha value is -2.11. The van der Waals surface area contributed by atoms with Crippen LogP contribution in [0.4, 0.5) is 0 Å². The third-order valence-electron chi connectivity index (χ3n) is 9.09. The maximum atomic E-state index is 12.6. The number of carbonyl (C=O) groups is 2. The molecule has 11 nitrogen and oxygen atoms in total. The zero-order valence-corrected chi connectivity index (χ0v) is 35.8. The summed E-state index contributed by atoms with van der Waals surface area (Å²) in [6.07, 6.45) is 38.3. The van der Waals surface area contributed by atoms with Gasteiger partial charge in [0.15, 0.2) is 6.10 Å². The van der Waals surface area contributed by atoms with E-state index in [1.54, 1.807) is 0 Å². The molecule has 12 heteroatoms. The Bertz CT molecular complexity index is 1090. The number of rotatable bonds is 40. The maximum Gasteiger partial charge on any atom is 0.472 e. The Morgan fingerprint density at radius 3 is 1.73 bits per heavy atom. The van der Waals surface area contributed by atoms with Gasteiger partial charge in [-0.25, -0.2) is 4.57 Å². The molecule has 4 N–H and O–H groups in total. The Morgan fingerprint density at radius 1 is 0.607 bits per heavy atom. The van der Waals surface area contributed by atoms with E-state index in [-0.39, 0.29) is 19.4 Å². The minimum Gasteiger partial charge on any atom is -0.462 e. The van der Waals surface area contributed by atoms with Crippen molar-refractivity contribution in [1.82, 2.24) is 0 Å². The van der Waals surface area contributed by atoms with E-state index in [0.29, 0.717) is 19.3 Å². The van der Waals surface area contributed by atoms with Crippen molar-refractivity contribution in [3.63, 3.8) is 0 Å². The van der Waals surface area contributed by atoms with Gasteiger partial charge in [0.25, 0.3) is 0 Å². The lowest BCUT2D eigenvalue weighted by atomic mass is 10.0. The molecule has 0 aliphatic carbocycles. The fourth-order valence-corrected chi connectivity index (χ4v) is 6.47. The number of hydrogen-bond acceptors (Lipinski definition) is 10. The molecule has 0 aromatic rings. The molecule has 0 spiro atoms. The fraction of sp³-hybridized carbons (Fsp3) is 0.773. The Kier molecular flexibility index (Phi) is 38.2. The average molecular weight is 815 g/mol. The molecule has 0 rings (SSSR count). The van der Waals surface area contributed by atoms with Crippen molar-refractivity contribution in [1.29, 1.82) is 0 Å². The number of hydrogen-bond donors (Lipinski definition) is 4. The van der Waals surface area contributed by atoms with Crippen molar-refractivity contribution in [2.45, 2.75) is 193 Å². The highest BCUT2D eigenvalue weighted by Gasteiger charge is 2.27. The van der Waals surface area contributed by atoms with Crippen LogP contribution in [0.1, 0.15) is 174 Å². The fourth-order valence-electron chi connectivity index (χ4n) is 5.68. The van der Waals surface area contributed by atoms with Crippen LogP contribution in [-0.4, -0.2) is 76.9 Å². The molecule has 0 saturated heterocycles. The summed E-state index contributed by atoms with van der Waals surface area (Å²) < 4.78 is 32.6. The van der Waals surface area contributed by atoms with Crippen molar-refractivity contribution >= 4 is 19.8 Å². The first-order valence-corrected chi connectivity index (χ1v) is 23.2. The van der Waals surface area contributed by atoms with Gasteiger partial charge in [-0.15, -0.1) is 0 Å². The third kappa shape index (κ3) is 38.7. The molecule has 0 amide bonds. The molecule has 326 valence electrons. The lowest BCUT2D eigenvalue weighted by molar-refractivity contribution is -0.161. The van der Waals surface area contributed by atoms with Gasteiger partial charge in [0.1, 0.15) is 12.7 Å². The smallest absolute Gasteiger partial charge is 0.462 e. The number of phosphoric acid groups is 1. The van der Waals surface area contributed by atoms with E-state index < -0.39 is 57.9 Å². The van der Waals surface area contributed by atoms with Crippen molar-refractivity contribution in [3.8, 4) is 0 Å². The summed E-state index contributed by atoms with van der Waals surface area (Å²) in [5.74, 6) is -1.01. The van der Waals surface area contributed by atoms with Crippen LogP contribution < -0.4 is 0 Å². The van der Waals surface area contributed by atoms with Gasteiger partial charge < -0.3 is 29.7 Å². The predicted octanol–water partition coefficient (Wildman–Crippen LogP) is 10.3. The molecule has 0 aliphatic rings. The van der Waals surface area contributed by atoms with E-state index >= 15 is 0 Å². The van der Waals surface area contributed by atoms with Crippen LogP contribution in [0.3, 0.4) is 0 Å². The predicted molar refractivity (Wildman–Crippen MR) is 225 cm³/mol. The molecule has 0 radical (unpaired) electrons. The first-order valence-electron chi connectivity index (χ1n) is 21.7. The minimum atomic E-state index is -4.64. The van der Waals surface area contributed by atoms with Crippen LogP contribution in [0.25, 0.3) is 0 Å². The van der Waals surface area contributed by atoms with Crippen molar-refractivity contribution in [3.05, 3.63) is 48.6 Å². The van der Waals surface area contributed by atoms with Crippen LogP contribution in [0.5, 0.6) is 0 Å². The van der Waals surface area contributed by atoms with Gasteiger partial charge >= 0.3 is 19.8 Å². The van der Waals surface area contributed by atoms with E-state index in [1.165, 1.54) is 70.6 Å². The second-order valence-electron chi connectivity index (χ2n) is 14.6. The molecule has 0 fully saturated rings. The van der Waals surface area contributed by atoms with E-state index in [9.17, 15) is 29.3 Å². The Morgan fingerprint density at radius 2 is 1.12 bits per heavy atom. The number of unbranched alkanes of at least 4 members (excludes halogenated alkanes) is 17. The zero-order chi connectivity index (χ0) is 41.4. The van der Waals surface area contributed by atoms with E-state index in [4.69, 9.17) is 19.1 Å². The molecule has 0 aromatic heterocycles. The largest absolute Gasteiger partial charge is 0.472 e. The minimum absolute atomic E-state index is 0.0886. The number of esters is 2. The van der Waals surface area contributed by atoms with E-state index in [1.807, 2.05) is 36.5 Å². The van der Waals surface area contributed by atoms with Crippen molar-refractivity contribution in [2.75, 3.05) is 26.4 Å². The van der Waals surface area contributed by atoms with Gasteiger partial charge in [-0.1, -0.05) is 172 Å². The highest BCUT2D eigenvalue weighted by Crippen LogP contribution is 2.43. The van der Waals surface area contributed by atoms with Crippen LogP contribution in [0.2, 0.25) is 0 Å². The van der Waals surface area contributed by atoms with Crippen LogP contribution >= 0.6 is 7.82 Å². The number of aliphatic hydroxyl groups is 3. The normalized spacial score (nSPS) is 14.9. The highest BCUT2D eigenvalue weighted by molar-refractivity contribution is 7.47. The molecular formula is C44H79O11P. The average Bonchev–Trinajstić information content (AvgIpc) is 3.18. The SMILES string of the molecule is CCCCCCCCCCCCCCCCCC(=O)OC[C@H](COP(=O)(O)OC[C@@H](O)CO)OC(=O)CCC/C=C\C/C=C\C/C=C\C=C\[C@@H](O)CCCCC. The molecule has 1 unspecified atom stereocenters. The summed E-state index contributed by atoms with van der Waals surface area (Å²) in [4.78, 5) is 34.9. The summed E-state index contributed by atoms with van der Waals surface area (Å²) >= 11 is 0. The van der Waals surface area contributed by atoms with Gasteiger partial charge in [0, 0.05) is 12.8 Å². The number of ether oxygens (including phenoxy) is 2. The number of aliphatic hydroxyl groups excluding tert-OH is 3. The summed E-state index contributed by atoms with van der Waals surface area (Å²) in [6.45, 7) is 2.18. The lowest BCUT2D eigenvalue weighted by Crippen LogP contribution is -2.29. The topological polar surface area (TPSA) is 169 Å². The Balaban J connectivity index is 4.43. The van der Waals surface area contributed by atoms with Gasteiger partial charge in [-0.2, -0.15) is 0 Å². The quantitative estimate of drug-likeness (QED) is 0.0153. The molecule has 56 heavy (non-hydrogen) atoms. The molecular weight excluding hydrogens is 735 g/mol. The molecule has 0 bridgehead atoms. The summed E-state index contributed by atoms with van der Waals surface area (Å²) in [5, 5.41) is 28.2. The van der Waals surface area contributed by atoms with Crippen molar-refractivity contribution < 1.29 is 52.9 Å². The monoisotopic (exact) mass is 815 g/mol. The standard InChI is InChI=1S/C44H79O11P/c1-3-5-7-8-9-10-11-12-13-14-17-20-23-26-30-34-43(48)52-38-42(39-54-56(50,51)53-37-41(47)36-45)55-44(49)35-31-27-24-21-18-15-16-19-22-25-29-33-40(46)32-28-6-4-2/h15-16,21-22,24-25,29,33,40-42,45-47H,3-14,17-20,23,26-28,30-32,34-39H2,1-2H3,(H,50,51)/b16-15-,24-21-,25-22-,33-29+/t40-,41-,42+/m0/s1. The second-order valence-corrected chi connectivity index (χ2v) is 16.0. The number of phosphoric ester groups is 1. The third-order valence-corrected chi connectivity index (χ3v) is 10.0. The molecule has 0 heterocycles. The van der Waals surface area contributed by atoms with Gasteiger partial charge in [-0.05, 0) is 38.5 Å². The van der Waals surface area contributed by atoms with Gasteiger partial charge in [-0.3, -0.25) is 18.6 Å². The summed E-state index contributed by atoms with van der Waals surface area (Å²) in [6, 6.07) is 0. The van der Waals surface area contributed by atoms with E-state index in [2.05, 4.69) is 30.5 Å². The van der Waals surface area contributed by atoms with E-state index in [0.717, 1.165) is 57.8 Å².